The van der Waals surface area contributed by atoms with E-state index in [1.807, 2.05) is 44.2 Å². The van der Waals surface area contributed by atoms with Gasteiger partial charge in [-0.2, -0.15) is 4.57 Å². The smallest absolute Gasteiger partial charge is 0.239 e. The third-order valence-corrected chi connectivity index (χ3v) is 5.21. The summed E-state index contributed by atoms with van der Waals surface area (Å²) in [5.74, 6) is -0.167. The normalized spacial score (nSPS) is 11.8. The van der Waals surface area contributed by atoms with Crippen molar-refractivity contribution in [2.75, 3.05) is 5.32 Å². The Labute approximate surface area is 167 Å². The van der Waals surface area contributed by atoms with Gasteiger partial charge in [-0.3, -0.25) is 0 Å². The maximum Gasteiger partial charge on any atom is 0.239 e. The van der Waals surface area contributed by atoms with Crippen molar-refractivity contribution >= 4 is 57.3 Å². The molecular weight excluding hydrogens is 384 g/mol. The van der Waals surface area contributed by atoms with E-state index in [9.17, 15) is 5.11 Å². The highest BCUT2D eigenvalue weighted by molar-refractivity contribution is 7.81. The highest BCUT2D eigenvalue weighted by Gasteiger charge is 2.19. The molecule has 0 aliphatic carbocycles. The lowest BCUT2D eigenvalue weighted by Gasteiger charge is -2.16. The molecule has 132 valence electrons. The van der Waals surface area contributed by atoms with E-state index in [0.29, 0.717) is 19.9 Å². The fourth-order valence-electron chi connectivity index (χ4n) is 2.68. The van der Waals surface area contributed by atoms with Gasteiger partial charge in [-0.25, -0.2) is 0 Å². The number of nitrogens with zero attached hydrogens (tertiary/aromatic N) is 1. The maximum atomic E-state index is 13.1. The molecule has 2 aromatic heterocycles. The standard InChI is InChI=1S/C20H17ClN2OS2/c1-13-10-14(2)12-15(11-13)22-20(25)18(23-8-4-3-5-9-23)19(24)16-6-7-17(21)26-16/h3-12H,1-2H3,(H-,22,24,25). The zero-order valence-electron chi connectivity index (χ0n) is 14.3. The monoisotopic (exact) mass is 400 g/mol. The van der Waals surface area contributed by atoms with Crippen LogP contribution >= 0.6 is 35.2 Å². The van der Waals surface area contributed by atoms with E-state index >= 15 is 0 Å². The first kappa shape index (κ1) is 18.6. The average molecular weight is 401 g/mol. The van der Waals surface area contributed by atoms with E-state index in [0.717, 1.165) is 16.8 Å². The number of benzene rings is 1. The van der Waals surface area contributed by atoms with Crippen LogP contribution in [0, 0.1) is 13.8 Å². The molecule has 0 radical (unpaired) electrons. The minimum Gasteiger partial charge on any atom is -0.867 e. The van der Waals surface area contributed by atoms with E-state index in [4.69, 9.17) is 23.8 Å². The Balaban J connectivity index is 2.04. The molecule has 3 nitrogen and oxygen atoms in total. The van der Waals surface area contributed by atoms with Gasteiger partial charge in [0, 0.05) is 22.7 Å². The molecular formula is C20H17ClN2OS2. The number of aromatic nitrogens is 1. The Kier molecular flexibility index (Phi) is 5.71. The molecule has 1 N–H and O–H groups in total. The second-order valence-electron chi connectivity index (χ2n) is 5.89. The van der Waals surface area contributed by atoms with Gasteiger partial charge in [0.15, 0.2) is 17.4 Å². The van der Waals surface area contributed by atoms with Gasteiger partial charge in [0.2, 0.25) is 5.70 Å². The minimum atomic E-state index is -0.167. The first-order valence-corrected chi connectivity index (χ1v) is 9.57. The van der Waals surface area contributed by atoms with Gasteiger partial charge in [-0.05, 0) is 55.0 Å². The zero-order chi connectivity index (χ0) is 18.7. The fraction of sp³-hybridized carbons (Fsp3) is 0.100. The summed E-state index contributed by atoms with van der Waals surface area (Å²) in [6, 6.07) is 15.1. The Hall–Kier alpha value is -2.21. The van der Waals surface area contributed by atoms with Crippen molar-refractivity contribution in [3.63, 3.8) is 0 Å². The molecule has 0 bridgehead atoms. The predicted octanol–water partition coefficient (Wildman–Crippen LogP) is 4.43. The topological polar surface area (TPSA) is 39.0 Å². The first-order valence-electron chi connectivity index (χ1n) is 7.97. The number of aryl methyl sites for hydroxylation is 2. The molecule has 0 saturated carbocycles. The summed E-state index contributed by atoms with van der Waals surface area (Å²) in [6.45, 7) is 4.05. The molecule has 1 aromatic carbocycles. The van der Waals surface area contributed by atoms with Gasteiger partial charge in [0.1, 0.15) is 0 Å². The van der Waals surface area contributed by atoms with Crippen molar-refractivity contribution in [1.82, 2.24) is 0 Å². The van der Waals surface area contributed by atoms with E-state index < -0.39 is 0 Å². The molecule has 0 aliphatic rings. The van der Waals surface area contributed by atoms with Gasteiger partial charge in [-0.1, -0.05) is 36.0 Å². The van der Waals surface area contributed by atoms with Crippen molar-refractivity contribution in [2.24, 2.45) is 0 Å². The second kappa shape index (κ2) is 7.99. The summed E-state index contributed by atoms with van der Waals surface area (Å²) in [5.41, 5.74) is 3.50. The van der Waals surface area contributed by atoms with Gasteiger partial charge < -0.3 is 10.4 Å². The summed E-state index contributed by atoms with van der Waals surface area (Å²) in [7, 11) is 0. The number of thiophene rings is 1. The Bertz CT molecular complexity index is 960. The van der Waals surface area contributed by atoms with E-state index in [-0.39, 0.29) is 5.76 Å². The molecule has 0 amide bonds. The van der Waals surface area contributed by atoms with Gasteiger partial charge >= 0.3 is 0 Å². The predicted molar refractivity (Wildman–Crippen MR) is 111 cm³/mol. The second-order valence-corrected chi connectivity index (χ2v) is 8.02. The van der Waals surface area contributed by atoms with Crippen LogP contribution in [0.4, 0.5) is 5.69 Å². The maximum absolute atomic E-state index is 13.1. The van der Waals surface area contributed by atoms with Crippen LogP contribution < -0.4 is 15.0 Å². The number of thiocarbonyl (C=S) groups is 1. The lowest BCUT2D eigenvalue weighted by molar-refractivity contribution is -0.577. The number of nitrogens with one attached hydrogen (secondary N) is 1. The highest BCUT2D eigenvalue weighted by Crippen LogP contribution is 2.27. The molecule has 3 rings (SSSR count). The minimum absolute atomic E-state index is 0.167. The van der Waals surface area contributed by atoms with E-state index in [1.54, 1.807) is 29.1 Å². The van der Waals surface area contributed by atoms with Gasteiger partial charge in [0.25, 0.3) is 0 Å². The molecule has 2 heterocycles. The summed E-state index contributed by atoms with van der Waals surface area (Å²) in [4.78, 5) is 0.909. The summed E-state index contributed by atoms with van der Waals surface area (Å²) < 4.78 is 2.30. The third-order valence-electron chi connectivity index (χ3n) is 3.68. The van der Waals surface area contributed by atoms with E-state index in [2.05, 4.69) is 11.4 Å². The molecule has 3 aromatic rings. The van der Waals surface area contributed by atoms with Crippen LogP contribution in [0.1, 0.15) is 16.0 Å². The molecule has 0 aliphatic heterocycles. The van der Waals surface area contributed by atoms with Crippen molar-refractivity contribution in [2.45, 2.75) is 13.8 Å². The Morgan fingerprint density at radius 1 is 1.08 bits per heavy atom. The first-order chi connectivity index (χ1) is 12.4. The summed E-state index contributed by atoms with van der Waals surface area (Å²) in [5, 5.41) is 16.3. The van der Waals surface area contributed by atoms with Gasteiger partial charge in [0.05, 0.1) is 4.34 Å². The lowest BCUT2D eigenvalue weighted by Crippen LogP contribution is -2.39. The molecule has 26 heavy (non-hydrogen) atoms. The number of pyridine rings is 1. The molecule has 0 unspecified atom stereocenters. The summed E-state index contributed by atoms with van der Waals surface area (Å²) in [6.07, 6.45) is 3.61. The zero-order valence-corrected chi connectivity index (χ0v) is 16.7. The molecule has 0 spiro atoms. The largest absolute Gasteiger partial charge is 0.867 e. The van der Waals surface area contributed by atoms with E-state index in [1.165, 1.54) is 11.3 Å². The van der Waals surface area contributed by atoms with Crippen LogP contribution in [0.3, 0.4) is 0 Å². The Morgan fingerprint density at radius 2 is 1.73 bits per heavy atom. The molecule has 6 heteroatoms. The number of hydrogen-bond donors (Lipinski definition) is 1. The fourth-order valence-corrected chi connectivity index (χ4v) is 3.98. The van der Waals surface area contributed by atoms with Crippen LogP contribution in [0.25, 0.3) is 11.5 Å². The lowest BCUT2D eigenvalue weighted by atomic mass is 10.1. The van der Waals surface area contributed by atoms with Crippen molar-refractivity contribution < 1.29 is 9.67 Å². The molecule has 0 atom stereocenters. The highest BCUT2D eigenvalue weighted by atomic mass is 35.5. The number of anilines is 1. The molecule has 0 fully saturated rings. The molecule has 0 saturated heterocycles. The summed E-state index contributed by atoms with van der Waals surface area (Å²) >= 11 is 12.8. The number of hydrogen-bond acceptors (Lipinski definition) is 3. The average Bonchev–Trinajstić information content (AvgIpc) is 3.01. The third kappa shape index (κ3) is 4.30. The van der Waals surface area contributed by atoms with Crippen LogP contribution in [0.5, 0.6) is 0 Å². The van der Waals surface area contributed by atoms with Crippen LogP contribution in [-0.2, 0) is 0 Å². The van der Waals surface area contributed by atoms with Crippen LogP contribution in [0.15, 0.2) is 60.9 Å². The van der Waals surface area contributed by atoms with Crippen LogP contribution in [-0.4, -0.2) is 4.99 Å². The van der Waals surface area contributed by atoms with Crippen molar-refractivity contribution in [1.29, 1.82) is 0 Å². The van der Waals surface area contributed by atoms with Gasteiger partial charge in [-0.15, -0.1) is 11.3 Å². The SMILES string of the molecule is Cc1cc(C)cc(NC(=S)C(=C([O-])c2ccc(Cl)s2)[n+]2ccccc2)c1. The number of halogens is 1. The Morgan fingerprint density at radius 3 is 2.31 bits per heavy atom. The van der Waals surface area contributed by atoms with Crippen LogP contribution in [0.2, 0.25) is 4.34 Å². The van der Waals surface area contributed by atoms with Crippen molar-refractivity contribution in [3.05, 3.63) is 81.3 Å². The van der Waals surface area contributed by atoms with Crippen molar-refractivity contribution in [3.8, 4) is 0 Å². The quantitative estimate of drug-likeness (QED) is 0.305. The number of rotatable bonds is 4.